The lowest BCUT2D eigenvalue weighted by atomic mass is 10.1. The molecule has 0 heterocycles. The van der Waals surface area contributed by atoms with Crippen LogP contribution >= 0.6 is 27.5 Å². The van der Waals surface area contributed by atoms with E-state index in [1.165, 1.54) is 0 Å². The molecule has 19 heavy (non-hydrogen) atoms. The average Bonchev–Trinajstić information content (AvgIpc) is 2.36. The smallest absolute Gasteiger partial charge is 0.239 e. The second-order valence-corrected chi connectivity index (χ2v) is 5.95. The molecule has 0 fully saturated rings. The molecule has 0 saturated heterocycles. The third kappa shape index (κ3) is 4.48. The Labute approximate surface area is 128 Å². The molecule has 1 rings (SSSR count). The number of rotatable bonds is 5. The normalized spacial score (nSPS) is 14.0. The van der Waals surface area contributed by atoms with E-state index in [9.17, 15) is 4.79 Å². The fourth-order valence-electron chi connectivity index (χ4n) is 1.88. The number of amides is 1. The van der Waals surface area contributed by atoms with Crippen molar-refractivity contribution in [1.82, 2.24) is 10.2 Å². The maximum atomic E-state index is 12.0. The number of benzene rings is 1. The van der Waals surface area contributed by atoms with Crippen LogP contribution in [0.3, 0.4) is 0 Å². The standard InChI is InChI=1S/C14H20BrClN2O/c1-5-18(4)14(19)10(3)17-9(2)12-7-6-11(15)8-13(12)16/h6-10,17H,5H2,1-4H3. The Morgan fingerprint density at radius 2 is 2.11 bits per heavy atom. The molecule has 0 saturated carbocycles. The van der Waals surface area contributed by atoms with Crippen molar-refractivity contribution in [3.05, 3.63) is 33.3 Å². The largest absolute Gasteiger partial charge is 0.345 e. The van der Waals surface area contributed by atoms with Crippen LogP contribution in [0.1, 0.15) is 32.4 Å². The zero-order valence-electron chi connectivity index (χ0n) is 11.7. The highest BCUT2D eigenvalue weighted by molar-refractivity contribution is 9.10. The van der Waals surface area contributed by atoms with Crippen molar-refractivity contribution in [2.75, 3.05) is 13.6 Å². The van der Waals surface area contributed by atoms with E-state index < -0.39 is 0 Å². The molecule has 3 nitrogen and oxygen atoms in total. The van der Waals surface area contributed by atoms with E-state index in [2.05, 4.69) is 21.2 Å². The van der Waals surface area contributed by atoms with E-state index in [0.29, 0.717) is 11.6 Å². The summed E-state index contributed by atoms with van der Waals surface area (Å²) in [5.41, 5.74) is 0.990. The van der Waals surface area contributed by atoms with Gasteiger partial charge in [0.2, 0.25) is 5.91 Å². The van der Waals surface area contributed by atoms with Crippen molar-refractivity contribution in [3.63, 3.8) is 0 Å². The molecular formula is C14H20BrClN2O. The van der Waals surface area contributed by atoms with E-state index >= 15 is 0 Å². The number of carbonyl (C=O) groups excluding carboxylic acids is 1. The van der Waals surface area contributed by atoms with Crippen molar-refractivity contribution in [3.8, 4) is 0 Å². The molecule has 106 valence electrons. The Kier molecular flexibility index (Phi) is 6.30. The molecule has 2 unspecified atom stereocenters. The van der Waals surface area contributed by atoms with Gasteiger partial charge in [0.1, 0.15) is 0 Å². The monoisotopic (exact) mass is 346 g/mol. The molecular weight excluding hydrogens is 328 g/mol. The minimum atomic E-state index is -0.236. The van der Waals surface area contributed by atoms with Crippen molar-refractivity contribution >= 4 is 33.4 Å². The minimum absolute atomic E-state index is 0.0183. The van der Waals surface area contributed by atoms with Crippen LogP contribution in [0.5, 0.6) is 0 Å². The van der Waals surface area contributed by atoms with Crippen molar-refractivity contribution in [1.29, 1.82) is 0 Å². The Morgan fingerprint density at radius 3 is 2.63 bits per heavy atom. The van der Waals surface area contributed by atoms with Crippen LogP contribution in [-0.2, 0) is 4.79 Å². The number of nitrogens with one attached hydrogen (secondary N) is 1. The summed E-state index contributed by atoms with van der Waals surface area (Å²) in [4.78, 5) is 13.7. The molecule has 1 aromatic carbocycles. The van der Waals surface area contributed by atoms with Crippen molar-refractivity contribution < 1.29 is 4.79 Å². The third-order valence-corrected chi connectivity index (χ3v) is 3.97. The maximum absolute atomic E-state index is 12.0. The Balaban J connectivity index is 2.74. The first-order valence-electron chi connectivity index (χ1n) is 6.32. The van der Waals surface area contributed by atoms with E-state index in [1.807, 2.05) is 39.0 Å². The van der Waals surface area contributed by atoms with Gasteiger partial charge in [0.15, 0.2) is 0 Å². The molecule has 0 aliphatic carbocycles. The van der Waals surface area contributed by atoms with Gasteiger partial charge >= 0.3 is 0 Å². The van der Waals surface area contributed by atoms with E-state index in [-0.39, 0.29) is 18.0 Å². The van der Waals surface area contributed by atoms with E-state index in [4.69, 9.17) is 11.6 Å². The molecule has 0 spiro atoms. The average molecular weight is 348 g/mol. The number of hydrogen-bond donors (Lipinski definition) is 1. The van der Waals surface area contributed by atoms with Crippen LogP contribution in [0.2, 0.25) is 5.02 Å². The summed E-state index contributed by atoms with van der Waals surface area (Å²) >= 11 is 9.59. The Hall–Kier alpha value is -0.580. The summed E-state index contributed by atoms with van der Waals surface area (Å²) < 4.78 is 0.947. The molecule has 0 aliphatic rings. The molecule has 1 amide bonds. The molecule has 0 aliphatic heterocycles. The van der Waals surface area contributed by atoms with Crippen LogP contribution in [0.25, 0.3) is 0 Å². The summed E-state index contributed by atoms with van der Waals surface area (Å²) in [7, 11) is 1.80. The van der Waals surface area contributed by atoms with Crippen LogP contribution < -0.4 is 5.32 Å². The lowest BCUT2D eigenvalue weighted by Gasteiger charge is -2.24. The number of likely N-dealkylation sites (N-methyl/N-ethyl adjacent to an activating group) is 1. The van der Waals surface area contributed by atoms with Gasteiger partial charge in [0, 0.05) is 29.1 Å². The van der Waals surface area contributed by atoms with Gasteiger partial charge in [0.05, 0.1) is 6.04 Å². The lowest BCUT2D eigenvalue weighted by Crippen LogP contribution is -2.43. The first-order chi connectivity index (χ1) is 8.86. The minimum Gasteiger partial charge on any atom is -0.345 e. The topological polar surface area (TPSA) is 32.3 Å². The SMILES string of the molecule is CCN(C)C(=O)C(C)NC(C)c1ccc(Br)cc1Cl. The highest BCUT2D eigenvalue weighted by Crippen LogP contribution is 2.26. The highest BCUT2D eigenvalue weighted by atomic mass is 79.9. The van der Waals surface area contributed by atoms with Gasteiger partial charge in [-0.2, -0.15) is 0 Å². The number of halogens is 2. The van der Waals surface area contributed by atoms with E-state index in [0.717, 1.165) is 10.0 Å². The lowest BCUT2D eigenvalue weighted by molar-refractivity contribution is -0.131. The zero-order chi connectivity index (χ0) is 14.6. The third-order valence-electron chi connectivity index (χ3n) is 3.15. The molecule has 1 aromatic rings. The van der Waals surface area contributed by atoms with Crippen LogP contribution in [0.4, 0.5) is 0 Å². The van der Waals surface area contributed by atoms with Crippen LogP contribution in [-0.4, -0.2) is 30.4 Å². The number of carbonyl (C=O) groups is 1. The van der Waals surface area contributed by atoms with Crippen LogP contribution in [0.15, 0.2) is 22.7 Å². The number of hydrogen-bond acceptors (Lipinski definition) is 2. The van der Waals surface area contributed by atoms with Gasteiger partial charge in [0.25, 0.3) is 0 Å². The molecule has 0 aromatic heterocycles. The Morgan fingerprint density at radius 1 is 1.47 bits per heavy atom. The van der Waals surface area contributed by atoms with Gasteiger partial charge in [-0.05, 0) is 38.5 Å². The first-order valence-corrected chi connectivity index (χ1v) is 7.49. The predicted molar refractivity (Wildman–Crippen MR) is 83.5 cm³/mol. The van der Waals surface area contributed by atoms with Gasteiger partial charge in [-0.15, -0.1) is 0 Å². The first kappa shape index (κ1) is 16.5. The molecule has 0 bridgehead atoms. The highest BCUT2D eigenvalue weighted by Gasteiger charge is 2.19. The summed E-state index contributed by atoms with van der Waals surface area (Å²) in [5, 5.41) is 3.97. The summed E-state index contributed by atoms with van der Waals surface area (Å²) in [6, 6.07) is 5.55. The quantitative estimate of drug-likeness (QED) is 0.882. The summed E-state index contributed by atoms with van der Waals surface area (Å²) in [5.74, 6) is 0.0857. The van der Waals surface area contributed by atoms with Gasteiger partial charge < -0.3 is 4.90 Å². The second-order valence-electron chi connectivity index (χ2n) is 4.63. The summed E-state index contributed by atoms with van der Waals surface area (Å²) in [6.07, 6.45) is 0. The van der Waals surface area contributed by atoms with E-state index in [1.54, 1.807) is 11.9 Å². The Bertz CT molecular complexity index is 453. The molecule has 0 radical (unpaired) electrons. The van der Waals surface area contributed by atoms with Gasteiger partial charge in [-0.25, -0.2) is 0 Å². The molecule has 2 atom stereocenters. The second kappa shape index (κ2) is 7.27. The molecule has 5 heteroatoms. The summed E-state index contributed by atoms with van der Waals surface area (Å²) in [6.45, 7) is 6.54. The van der Waals surface area contributed by atoms with Crippen molar-refractivity contribution in [2.45, 2.75) is 32.9 Å². The van der Waals surface area contributed by atoms with Crippen molar-refractivity contribution in [2.24, 2.45) is 0 Å². The fraction of sp³-hybridized carbons (Fsp3) is 0.500. The predicted octanol–water partition coefficient (Wildman–Crippen LogP) is 3.62. The zero-order valence-corrected chi connectivity index (χ0v) is 14.0. The molecule has 1 N–H and O–H groups in total. The number of nitrogens with zero attached hydrogens (tertiary/aromatic N) is 1. The fourth-order valence-corrected chi connectivity index (χ4v) is 2.71. The maximum Gasteiger partial charge on any atom is 0.239 e. The van der Waals surface area contributed by atoms with Crippen LogP contribution in [0, 0.1) is 0 Å². The van der Waals surface area contributed by atoms with Gasteiger partial charge in [-0.1, -0.05) is 33.6 Å². The van der Waals surface area contributed by atoms with Gasteiger partial charge in [-0.3, -0.25) is 10.1 Å².